The predicted molar refractivity (Wildman–Crippen MR) is 80.1 cm³/mol. The van der Waals surface area contributed by atoms with Gasteiger partial charge >= 0.3 is 0 Å². The molecule has 1 aromatic carbocycles. The highest BCUT2D eigenvalue weighted by atomic mass is 19.1. The highest BCUT2D eigenvalue weighted by molar-refractivity contribution is 6.14. The van der Waals surface area contributed by atoms with Crippen LogP contribution in [0.4, 0.5) is 4.39 Å². The summed E-state index contributed by atoms with van der Waals surface area (Å²) in [5.74, 6) is -0.343. The molecule has 5 heteroatoms. The topological polar surface area (TPSA) is 58.2 Å². The Morgan fingerprint density at radius 3 is 2.55 bits per heavy atom. The Balaban J connectivity index is 1.78. The SMILES string of the molecule is C[C@H](NC1=CC(=O)C2(CCCC2)C(=O)N1)c1ccccc1F. The molecule has 1 aromatic rings. The first kappa shape index (κ1) is 14.8. The summed E-state index contributed by atoms with van der Waals surface area (Å²) in [6.45, 7) is 1.79. The van der Waals surface area contributed by atoms with E-state index >= 15 is 0 Å². The summed E-state index contributed by atoms with van der Waals surface area (Å²) in [6.07, 6.45) is 4.49. The zero-order chi connectivity index (χ0) is 15.7. The second-order valence-electron chi connectivity index (χ2n) is 6.05. The molecule has 0 radical (unpaired) electrons. The summed E-state index contributed by atoms with van der Waals surface area (Å²) in [5.41, 5.74) is -0.377. The molecule has 2 aliphatic rings. The number of rotatable bonds is 3. The van der Waals surface area contributed by atoms with Gasteiger partial charge in [0.1, 0.15) is 17.1 Å². The van der Waals surface area contributed by atoms with Gasteiger partial charge in [-0.1, -0.05) is 31.0 Å². The molecule has 1 spiro atoms. The van der Waals surface area contributed by atoms with Crippen LogP contribution in [0.25, 0.3) is 0 Å². The second-order valence-corrected chi connectivity index (χ2v) is 6.05. The number of allylic oxidation sites excluding steroid dienone is 1. The van der Waals surface area contributed by atoms with Gasteiger partial charge in [0, 0.05) is 11.6 Å². The summed E-state index contributed by atoms with van der Waals surface area (Å²) >= 11 is 0. The van der Waals surface area contributed by atoms with Crippen molar-refractivity contribution in [2.45, 2.75) is 38.6 Å². The van der Waals surface area contributed by atoms with E-state index in [0.29, 0.717) is 24.2 Å². The van der Waals surface area contributed by atoms with Gasteiger partial charge in [0.2, 0.25) is 5.91 Å². The Hall–Kier alpha value is -2.17. The van der Waals surface area contributed by atoms with Crippen molar-refractivity contribution in [2.24, 2.45) is 5.41 Å². The molecule has 1 heterocycles. The van der Waals surface area contributed by atoms with E-state index in [1.807, 2.05) is 0 Å². The Bertz CT molecular complexity index is 648. The van der Waals surface area contributed by atoms with Gasteiger partial charge in [-0.15, -0.1) is 0 Å². The Morgan fingerprint density at radius 1 is 1.23 bits per heavy atom. The monoisotopic (exact) mass is 302 g/mol. The molecule has 22 heavy (non-hydrogen) atoms. The van der Waals surface area contributed by atoms with Crippen molar-refractivity contribution in [3.8, 4) is 0 Å². The van der Waals surface area contributed by atoms with Gasteiger partial charge in [-0.05, 0) is 25.8 Å². The van der Waals surface area contributed by atoms with E-state index in [1.54, 1.807) is 25.1 Å². The lowest BCUT2D eigenvalue weighted by Crippen LogP contribution is -2.50. The normalized spacial score (nSPS) is 21.5. The molecule has 0 saturated heterocycles. The van der Waals surface area contributed by atoms with Crippen LogP contribution in [0.3, 0.4) is 0 Å². The zero-order valence-corrected chi connectivity index (χ0v) is 12.5. The van der Waals surface area contributed by atoms with Crippen LogP contribution in [-0.2, 0) is 9.59 Å². The molecule has 1 saturated carbocycles. The number of halogens is 1. The second kappa shape index (κ2) is 5.55. The van der Waals surface area contributed by atoms with E-state index in [9.17, 15) is 14.0 Å². The third-order valence-electron chi connectivity index (χ3n) is 4.63. The largest absolute Gasteiger partial charge is 0.365 e. The van der Waals surface area contributed by atoms with Gasteiger partial charge < -0.3 is 10.6 Å². The van der Waals surface area contributed by atoms with Crippen LogP contribution < -0.4 is 10.6 Å². The lowest BCUT2D eigenvalue weighted by molar-refractivity contribution is -0.140. The van der Waals surface area contributed by atoms with Gasteiger partial charge in [0.05, 0.1) is 6.04 Å². The number of ketones is 1. The molecule has 3 rings (SSSR count). The molecule has 0 bridgehead atoms. The molecule has 1 aliphatic heterocycles. The van der Waals surface area contributed by atoms with Crippen molar-refractivity contribution >= 4 is 11.7 Å². The summed E-state index contributed by atoms with van der Waals surface area (Å²) < 4.78 is 13.8. The van der Waals surface area contributed by atoms with Crippen LogP contribution in [0, 0.1) is 11.2 Å². The molecule has 1 aliphatic carbocycles. The lowest BCUT2D eigenvalue weighted by atomic mass is 9.79. The molecule has 0 aromatic heterocycles. The summed E-state index contributed by atoms with van der Waals surface area (Å²) in [7, 11) is 0. The van der Waals surface area contributed by atoms with Crippen LogP contribution in [0.15, 0.2) is 36.2 Å². The molecule has 0 unspecified atom stereocenters. The van der Waals surface area contributed by atoms with Crippen LogP contribution in [0.2, 0.25) is 0 Å². The average molecular weight is 302 g/mol. The van der Waals surface area contributed by atoms with Crippen molar-refractivity contribution < 1.29 is 14.0 Å². The fourth-order valence-corrected chi connectivity index (χ4v) is 3.33. The van der Waals surface area contributed by atoms with Gasteiger partial charge in [-0.2, -0.15) is 0 Å². The van der Waals surface area contributed by atoms with Crippen molar-refractivity contribution in [1.82, 2.24) is 10.6 Å². The van der Waals surface area contributed by atoms with Gasteiger partial charge in [-0.3, -0.25) is 9.59 Å². The van der Waals surface area contributed by atoms with Gasteiger partial charge in [0.15, 0.2) is 5.78 Å². The van der Waals surface area contributed by atoms with Crippen molar-refractivity contribution in [1.29, 1.82) is 0 Å². The van der Waals surface area contributed by atoms with E-state index < -0.39 is 5.41 Å². The van der Waals surface area contributed by atoms with Crippen molar-refractivity contribution in [3.63, 3.8) is 0 Å². The Morgan fingerprint density at radius 2 is 1.91 bits per heavy atom. The molecule has 2 N–H and O–H groups in total. The maximum Gasteiger partial charge on any atom is 0.239 e. The molecular formula is C17H19FN2O2. The lowest BCUT2D eigenvalue weighted by Gasteiger charge is -2.31. The minimum atomic E-state index is -0.869. The van der Waals surface area contributed by atoms with Crippen molar-refractivity contribution in [3.05, 3.63) is 47.5 Å². The maximum absolute atomic E-state index is 13.8. The van der Waals surface area contributed by atoms with Gasteiger partial charge in [0.25, 0.3) is 0 Å². The third-order valence-corrected chi connectivity index (χ3v) is 4.63. The standard InChI is InChI=1S/C17H19FN2O2/c1-11(12-6-2-3-7-13(12)18)19-15-10-14(21)17(16(22)20-15)8-4-5-9-17/h2-3,6-7,10-11,19H,4-5,8-9H2,1H3,(H,20,22)/t11-/m0/s1. The Labute approximate surface area is 128 Å². The van der Waals surface area contributed by atoms with E-state index in [-0.39, 0.29) is 23.5 Å². The highest BCUT2D eigenvalue weighted by Gasteiger charge is 2.49. The maximum atomic E-state index is 13.8. The number of hydrogen-bond acceptors (Lipinski definition) is 3. The zero-order valence-electron chi connectivity index (χ0n) is 12.5. The van der Waals surface area contributed by atoms with Crippen LogP contribution in [0.1, 0.15) is 44.2 Å². The highest BCUT2D eigenvalue weighted by Crippen LogP contribution is 2.41. The Kier molecular flexibility index (Phi) is 3.72. The first-order valence-corrected chi connectivity index (χ1v) is 7.61. The van der Waals surface area contributed by atoms with E-state index in [0.717, 1.165) is 12.8 Å². The van der Waals surface area contributed by atoms with E-state index in [4.69, 9.17) is 0 Å². The number of hydrogen-bond donors (Lipinski definition) is 2. The smallest absolute Gasteiger partial charge is 0.239 e. The molecule has 1 fully saturated rings. The summed E-state index contributed by atoms with van der Waals surface area (Å²) in [4.78, 5) is 24.7. The number of carbonyl (C=O) groups is 2. The fraction of sp³-hybridized carbons (Fsp3) is 0.412. The number of amides is 1. The first-order valence-electron chi connectivity index (χ1n) is 7.61. The third kappa shape index (κ3) is 2.40. The van der Waals surface area contributed by atoms with Crippen LogP contribution in [-0.4, -0.2) is 11.7 Å². The molecule has 116 valence electrons. The minimum absolute atomic E-state index is 0.142. The van der Waals surface area contributed by atoms with Crippen LogP contribution in [0.5, 0.6) is 0 Å². The summed E-state index contributed by atoms with van der Waals surface area (Å²) in [6, 6.07) is 6.10. The predicted octanol–water partition coefficient (Wildman–Crippen LogP) is 2.58. The summed E-state index contributed by atoms with van der Waals surface area (Å²) in [5, 5.41) is 5.78. The quantitative estimate of drug-likeness (QED) is 0.844. The van der Waals surface area contributed by atoms with Crippen LogP contribution >= 0.6 is 0 Å². The fourth-order valence-electron chi connectivity index (χ4n) is 3.33. The molecule has 4 nitrogen and oxygen atoms in total. The number of carbonyl (C=O) groups excluding carboxylic acids is 2. The average Bonchev–Trinajstić information content (AvgIpc) is 2.96. The number of nitrogens with one attached hydrogen (secondary N) is 2. The van der Waals surface area contributed by atoms with Gasteiger partial charge in [-0.25, -0.2) is 4.39 Å². The van der Waals surface area contributed by atoms with Crippen molar-refractivity contribution in [2.75, 3.05) is 0 Å². The van der Waals surface area contributed by atoms with E-state index in [2.05, 4.69) is 10.6 Å². The minimum Gasteiger partial charge on any atom is -0.365 e. The molecular weight excluding hydrogens is 283 g/mol. The number of benzene rings is 1. The molecule has 1 amide bonds. The molecule has 1 atom stereocenters. The first-order chi connectivity index (χ1) is 10.5. The van der Waals surface area contributed by atoms with E-state index in [1.165, 1.54) is 12.1 Å².